The van der Waals surface area contributed by atoms with Crippen molar-refractivity contribution in [1.29, 1.82) is 0 Å². The molecule has 0 aliphatic rings. The fourth-order valence-corrected chi connectivity index (χ4v) is 0.203. The standard InChI is InChI=1S/C4H8ClNO/c1-3(7)4(5)6-2/h4,6H,1-2H3. The van der Waals surface area contributed by atoms with Crippen LogP contribution in [0, 0.1) is 0 Å². The van der Waals surface area contributed by atoms with Crippen LogP contribution in [0.1, 0.15) is 6.92 Å². The third-order valence-electron chi connectivity index (χ3n) is 0.610. The minimum atomic E-state index is -0.514. The summed E-state index contributed by atoms with van der Waals surface area (Å²) in [6, 6.07) is 0. The molecule has 0 fully saturated rings. The van der Waals surface area contributed by atoms with Gasteiger partial charge >= 0.3 is 0 Å². The van der Waals surface area contributed by atoms with Crippen molar-refractivity contribution in [3.05, 3.63) is 0 Å². The summed E-state index contributed by atoms with van der Waals surface area (Å²) in [6.45, 7) is 1.44. The number of alkyl halides is 1. The number of hydrogen-bond donors (Lipinski definition) is 1. The van der Waals surface area contributed by atoms with Gasteiger partial charge in [0.25, 0.3) is 0 Å². The third-order valence-corrected chi connectivity index (χ3v) is 1.14. The fraction of sp³-hybridized carbons (Fsp3) is 0.750. The number of nitrogens with one attached hydrogen (secondary N) is 1. The van der Waals surface area contributed by atoms with Crippen molar-refractivity contribution < 1.29 is 4.79 Å². The fourth-order valence-electron chi connectivity index (χ4n) is 0.203. The lowest BCUT2D eigenvalue weighted by Gasteiger charge is -1.98. The van der Waals surface area contributed by atoms with Gasteiger partial charge in [-0.1, -0.05) is 11.6 Å². The molecule has 0 aromatic carbocycles. The first-order chi connectivity index (χ1) is 3.18. The van der Waals surface area contributed by atoms with Gasteiger partial charge in [0.05, 0.1) is 0 Å². The summed E-state index contributed by atoms with van der Waals surface area (Å²) in [5, 5.41) is 2.58. The van der Waals surface area contributed by atoms with E-state index < -0.39 is 5.50 Å². The van der Waals surface area contributed by atoms with E-state index in [1.165, 1.54) is 6.92 Å². The van der Waals surface area contributed by atoms with E-state index >= 15 is 0 Å². The Bertz CT molecular complexity index is 74.1. The molecule has 0 spiro atoms. The van der Waals surface area contributed by atoms with E-state index in [0.717, 1.165) is 0 Å². The number of carbonyl (C=O) groups excluding carboxylic acids is 1. The summed E-state index contributed by atoms with van der Waals surface area (Å²) in [5.74, 6) is -0.0517. The first kappa shape index (κ1) is 6.92. The van der Waals surface area contributed by atoms with Crippen LogP contribution in [-0.4, -0.2) is 18.3 Å². The maximum atomic E-state index is 10.2. The predicted octanol–water partition coefficient (Wildman–Crippen LogP) is 0.360. The summed E-state index contributed by atoms with van der Waals surface area (Å²) < 4.78 is 0. The molecule has 0 amide bonds. The van der Waals surface area contributed by atoms with E-state index in [1.54, 1.807) is 7.05 Å². The zero-order valence-electron chi connectivity index (χ0n) is 4.36. The average Bonchev–Trinajstić information content (AvgIpc) is 1.65. The molecule has 42 valence electrons. The molecule has 0 saturated heterocycles. The van der Waals surface area contributed by atoms with Crippen molar-refractivity contribution in [1.82, 2.24) is 5.32 Å². The zero-order chi connectivity index (χ0) is 5.86. The Hall–Kier alpha value is -0.0800. The Balaban J connectivity index is 3.34. The lowest BCUT2D eigenvalue weighted by Crippen LogP contribution is -2.25. The molecule has 1 N–H and O–H groups in total. The van der Waals surface area contributed by atoms with Crippen LogP contribution < -0.4 is 5.32 Å². The normalized spacial score (nSPS) is 13.6. The molecule has 0 bridgehead atoms. The van der Waals surface area contributed by atoms with Crippen molar-refractivity contribution in [2.24, 2.45) is 0 Å². The van der Waals surface area contributed by atoms with Crippen LogP contribution >= 0.6 is 11.6 Å². The number of hydrogen-bond acceptors (Lipinski definition) is 2. The molecule has 0 rings (SSSR count). The molecule has 0 aromatic heterocycles. The highest BCUT2D eigenvalue weighted by Gasteiger charge is 2.03. The van der Waals surface area contributed by atoms with Gasteiger partial charge in [-0.25, -0.2) is 0 Å². The monoisotopic (exact) mass is 121 g/mol. The first-order valence-electron chi connectivity index (χ1n) is 2.00. The van der Waals surface area contributed by atoms with Crippen molar-refractivity contribution in [2.75, 3.05) is 7.05 Å². The number of ketones is 1. The Morgan fingerprint density at radius 1 is 1.86 bits per heavy atom. The van der Waals surface area contributed by atoms with Gasteiger partial charge in [-0.3, -0.25) is 10.1 Å². The smallest absolute Gasteiger partial charge is 0.161 e. The maximum absolute atomic E-state index is 10.2. The van der Waals surface area contributed by atoms with E-state index in [0.29, 0.717) is 0 Å². The van der Waals surface area contributed by atoms with Crippen molar-refractivity contribution >= 4 is 17.4 Å². The number of halogens is 1. The summed E-state index contributed by atoms with van der Waals surface area (Å²) in [5.41, 5.74) is -0.514. The second-order valence-corrected chi connectivity index (χ2v) is 1.70. The molecule has 7 heavy (non-hydrogen) atoms. The number of Topliss-reactive ketones (excluding diaryl/α,β-unsaturated/α-hetero) is 1. The van der Waals surface area contributed by atoms with Crippen molar-refractivity contribution in [3.63, 3.8) is 0 Å². The highest BCUT2D eigenvalue weighted by molar-refractivity contribution is 6.30. The molecular formula is C4H8ClNO. The molecule has 0 heterocycles. The maximum Gasteiger partial charge on any atom is 0.161 e. The first-order valence-corrected chi connectivity index (χ1v) is 2.44. The van der Waals surface area contributed by atoms with Crippen LogP contribution in [0.3, 0.4) is 0 Å². The van der Waals surface area contributed by atoms with Gasteiger partial charge in [0, 0.05) is 0 Å². The van der Waals surface area contributed by atoms with E-state index in [-0.39, 0.29) is 5.78 Å². The van der Waals surface area contributed by atoms with Gasteiger partial charge in [-0.15, -0.1) is 0 Å². The van der Waals surface area contributed by atoms with Crippen LogP contribution in [0.4, 0.5) is 0 Å². The SMILES string of the molecule is CNC(Cl)C(C)=O. The van der Waals surface area contributed by atoms with Gasteiger partial charge in [0.15, 0.2) is 5.78 Å². The van der Waals surface area contributed by atoms with Gasteiger partial charge in [-0.05, 0) is 14.0 Å². The molecule has 0 radical (unpaired) electrons. The Morgan fingerprint density at radius 2 is 2.29 bits per heavy atom. The summed E-state index contributed by atoms with van der Waals surface area (Å²) >= 11 is 5.34. The van der Waals surface area contributed by atoms with Gasteiger partial charge in [0.2, 0.25) is 0 Å². The molecule has 2 nitrogen and oxygen atoms in total. The Kier molecular flexibility index (Phi) is 2.96. The van der Waals surface area contributed by atoms with Gasteiger partial charge < -0.3 is 0 Å². The molecule has 0 aliphatic heterocycles. The topological polar surface area (TPSA) is 29.1 Å². The molecular weight excluding hydrogens is 114 g/mol. The van der Waals surface area contributed by atoms with Gasteiger partial charge in [0.1, 0.15) is 5.50 Å². The quantitative estimate of drug-likeness (QED) is 0.422. The molecule has 0 aliphatic carbocycles. The van der Waals surface area contributed by atoms with Crippen LogP contribution in [0.15, 0.2) is 0 Å². The Morgan fingerprint density at radius 3 is 2.29 bits per heavy atom. The van der Waals surface area contributed by atoms with Crippen LogP contribution in [0.5, 0.6) is 0 Å². The van der Waals surface area contributed by atoms with Crippen LogP contribution in [0.25, 0.3) is 0 Å². The zero-order valence-corrected chi connectivity index (χ0v) is 5.12. The second-order valence-electron chi connectivity index (χ2n) is 1.26. The van der Waals surface area contributed by atoms with Crippen LogP contribution in [-0.2, 0) is 4.79 Å². The summed E-state index contributed by atoms with van der Waals surface area (Å²) in [7, 11) is 1.64. The molecule has 3 heteroatoms. The Labute approximate surface area is 47.8 Å². The van der Waals surface area contributed by atoms with E-state index in [2.05, 4.69) is 5.32 Å². The van der Waals surface area contributed by atoms with Crippen molar-refractivity contribution in [2.45, 2.75) is 12.4 Å². The summed E-state index contributed by atoms with van der Waals surface area (Å²) in [4.78, 5) is 10.2. The minimum absolute atomic E-state index is 0.0517. The molecule has 0 saturated carbocycles. The minimum Gasteiger partial charge on any atom is -0.298 e. The number of rotatable bonds is 2. The van der Waals surface area contributed by atoms with Gasteiger partial charge in [-0.2, -0.15) is 0 Å². The van der Waals surface area contributed by atoms with E-state index in [9.17, 15) is 4.79 Å². The molecule has 1 unspecified atom stereocenters. The lowest BCUT2D eigenvalue weighted by atomic mass is 10.4. The second kappa shape index (κ2) is 2.99. The predicted molar refractivity (Wildman–Crippen MR) is 29.4 cm³/mol. The van der Waals surface area contributed by atoms with E-state index in [1.807, 2.05) is 0 Å². The largest absolute Gasteiger partial charge is 0.298 e. The average molecular weight is 122 g/mol. The summed E-state index contributed by atoms with van der Waals surface area (Å²) in [6.07, 6.45) is 0. The molecule has 0 aromatic rings. The number of carbonyl (C=O) groups is 1. The van der Waals surface area contributed by atoms with Crippen molar-refractivity contribution in [3.8, 4) is 0 Å². The highest BCUT2D eigenvalue weighted by atomic mass is 35.5. The lowest BCUT2D eigenvalue weighted by molar-refractivity contribution is -0.117. The highest BCUT2D eigenvalue weighted by Crippen LogP contribution is 1.87. The third kappa shape index (κ3) is 2.60. The van der Waals surface area contributed by atoms with Crippen LogP contribution in [0.2, 0.25) is 0 Å². The number of likely N-dealkylation sites (N-methyl/N-ethyl adjacent to an activating group) is 1. The van der Waals surface area contributed by atoms with E-state index in [4.69, 9.17) is 11.6 Å². The molecule has 1 atom stereocenters.